The number of carbonyl (C=O) groups is 1. The number of nitrogens with zero attached hydrogens (tertiary/aromatic N) is 2. The summed E-state index contributed by atoms with van der Waals surface area (Å²) in [7, 11) is 1.58. The zero-order chi connectivity index (χ0) is 19.7. The molecule has 4 rings (SSSR count). The van der Waals surface area contributed by atoms with Crippen LogP contribution in [0, 0.1) is 0 Å². The molecule has 6 heteroatoms. The summed E-state index contributed by atoms with van der Waals surface area (Å²) in [4.78, 5) is 19.3. The van der Waals surface area contributed by atoms with Crippen molar-refractivity contribution in [3.05, 3.63) is 70.9 Å². The Morgan fingerprint density at radius 1 is 1.25 bits per heavy atom. The van der Waals surface area contributed by atoms with Gasteiger partial charge in [0.05, 0.1) is 24.7 Å². The number of pyridine rings is 1. The zero-order valence-electron chi connectivity index (χ0n) is 15.6. The molecule has 1 aliphatic rings. The van der Waals surface area contributed by atoms with E-state index in [0.717, 1.165) is 0 Å². The fourth-order valence-electron chi connectivity index (χ4n) is 3.93. The molecule has 0 spiro atoms. The smallest absolute Gasteiger partial charge is 0.254 e. The predicted molar refractivity (Wildman–Crippen MR) is 109 cm³/mol. The van der Waals surface area contributed by atoms with E-state index in [1.54, 1.807) is 42.5 Å². The van der Waals surface area contributed by atoms with Gasteiger partial charge < -0.3 is 14.7 Å². The lowest BCUT2D eigenvalue weighted by Crippen LogP contribution is -2.48. The first-order valence-corrected chi connectivity index (χ1v) is 9.59. The van der Waals surface area contributed by atoms with E-state index < -0.39 is 5.60 Å². The molecular formula is C22H21ClN2O3. The third kappa shape index (κ3) is 3.32. The van der Waals surface area contributed by atoms with Gasteiger partial charge in [-0.3, -0.25) is 9.78 Å². The van der Waals surface area contributed by atoms with Crippen molar-refractivity contribution in [1.82, 2.24) is 9.88 Å². The normalized spacial score (nSPS) is 19.6. The van der Waals surface area contributed by atoms with Crippen molar-refractivity contribution >= 4 is 28.4 Å². The van der Waals surface area contributed by atoms with Gasteiger partial charge in [-0.1, -0.05) is 29.8 Å². The number of rotatable bonds is 3. The Bertz CT molecular complexity index is 1040. The van der Waals surface area contributed by atoms with Crippen molar-refractivity contribution in [2.45, 2.75) is 18.4 Å². The number of benzene rings is 2. The third-order valence-electron chi connectivity index (χ3n) is 5.30. The highest BCUT2D eigenvalue weighted by Crippen LogP contribution is 2.37. The summed E-state index contributed by atoms with van der Waals surface area (Å²) in [5.74, 6) is 0.489. The van der Waals surface area contributed by atoms with Gasteiger partial charge in [0.25, 0.3) is 5.91 Å². The van der Waals surface area contributed by atoms with Crippen molar-refractivity contribution in [2.24, 2.45) is 0 Å². The number of hydrogen-bond donors (Lipinski definition) is 1. The Labute approximate surface area is 168 Å². The molecule has 1 fully saturated rings. The highest BCUT2D eigenvalue weighted by molar-refractivity contribution is 6.31. The van der Waals surface area contributed by atoms with Crippen LogP contribution < -0.4 is 4.74 Å². The minimum atomic E-state index is -1.15. The van der Waals surface area contributed by atoms with Gasteiger partial charge in [-0.15, -0.1) is 0 Å². The molecule has 0 radical (unpaired) electrons. The summed E-state index contributed by atoms with van der Waals surface area (Å²) in [6.07, 6.45) is 2.89. The number of hydrogen-bond acceptors (Lipinski definition) is 4. The second-order valence-electron chi connectivity index (χ2n) is 7.08. The molecule has 1 amide bonds. The number of halogens is 1. The number of fused-ring (bicyclic) bond motifs is 1. The maximum absolute atomic E-state index is 13.3. The zero-order valence-corrected chi connectivity index (χ0v) is 16.3. The Morgan fingerprint density at radius 3 is 2.89 bits per heavy atom. The molecule has 0 unspecified atom stereocenters. The lowest BCUT2D eigenvalue weighted by molar-refractivity contribution is -0.0302. The molecule has 1 atom stereocenters. The summed E-state index contributed by atoms with van der Waals surface area (Å²) in [6.45, 7) is 0.789. The lowest BCUT2D eigenvalue weighted by Gasteiger charge is -2.40. The molecule has 0 saturated carbocycles. The van der Waals surface area contributed by atoms with E-state index in [4.69, 9.17) is 16.3 Å². The first kappa shape index (κ1) is 18.7. The van der Waals surface area contributed by atoms with Crippen LogP contribution in [0.5, 0.6) is 5.75 Å². The minimum Gasteiger partial charge on any atom is -0.496 e. The first-order valence-electron chi connectivity index (χ1n) is 9.21. The third-order valence-corrected chi connectivity index (χ3v) is 5.54. The monoisotopic (exact) mass is 396 g/mol. The number of methoxy groups -OCH3 is 1. The first-order chi connectivity index (χ1) is 13.5. The Kier molecular flexibility index (Phi) is 4.96. The van der Waals surface area contributed by atoms with Gasteiger partial charge in [-0.2, -0.15) is 0 Å². The van der Waals surface area contributed by atoms with E-state index in [1.165, 1.54) is 0 Å². The average molecular weight is 397 g/mol. The summed E-state index contributed by atoms with van der Waals surface area (Å²) >= 11 is 6.13. The Hall–Kier alpha value is -2.63. The van der Waals surface area contributed by atoms with Gasteiger partial charge in [-0.25, -0.2) is 0 Å². The van der Waals surface area contributed by atoms with Crippen LogP contribution in [0.4, 0.5) is 0 Å². The van der Waals surface area contributed by atoms with Crippen molar-refractivity contribution < 1.29 is 14.6 Å². The van der Waals surface area contributed by atoms with Crippen LogP contribution in [0.2, 0.25) is 5.02 Å². The number of ether oxygens (including phenoxy) is 1. The van der Waals surface area contributed by atoms with Crippen molar-refractivity contribution in [3.8, 4) is 5.75 Å². The molecule has 1 N–H and O–H groups in total. The van der Waals surface area contributed by atoms with Crippen LogP contribution in [0.3, 0.4) is 0 Å². The maximum Gasteiger partial charge on any atom is 0.254 e. The lowest BCUT2D eigenvalue weighted by atomic mass is 9.85. The molecule has 1 saturated heterocycles. The summed E-state index contributed by atoms with van der Waals surface area (Å²) < 4.78 is 5.43. The largest absolute Gasteiger partial charge is 0.496 e. The predicted octanol–water partition coefficient (Wildman–Crippen LogP) is 4.02. The fourth-order valence-corrected chi connectivity index (χ4v) is 4.11. The molecule has 0 aliphatic carbocycles. The minimum absolute atomic E-state index is 0.136. The number of aliphatic hydroxyl groups is 1. The number of β-amino-alcohol motifs (C(OH)–C–C–N with tert-alkyl or cyclic N) is 1. The van der Waals surface area contributed by atoms with Gasteiger partial charge in [0, 0.05) is 28.7 Å². The van der Waals surface area contributed by atoms with Crippen molar-refractivity contribution in [2.75, 3.05) is 20.2 Å². The second-order valence-corrected chi connectivity index (χ2v) is 7.52. The topological polar surface area (TPSA) is 62.7 Å². The van der Waals surface area contributed by atoms with Crippen LogP contribution in [0.1, 0.15) is 28.8 Å². The van der Waals surface area contributed by atoms with Crippen LogP contribution in [-0.4, -0.2) is 41.1 Å². The number of carbonyl (C=O) groups excluding carboxylic acids is 1. The molecule has 1 aliphatic heterocycles. The van der Waals surface area contributed by atoms with Crippen LogP contribution in [0.15, 0.2) is 54.7 Å². The number of likely N-dealkylation sites (tertiary alicyclic amines) is 1. The van der Waals surface area contributed by atoms with Crippen LogP contribution in [0.25, 0.3) is 10.9 Å². The molecular weight excluding hydrogens is 376 g/mol. The Balaban J connectivity index is 1.69. The van der Waals surface area contributed by atoms with Crippen molar-refractivity contribution in [3.63, 3.8) is 0 Å². The van der Waals surface area contributed by atoms with Gasteiger partial charge >= 0.3 is 0 Å². The molecule has 144 valence electrons. The summed E-state index contributed by atoms with van der Waals surface area (Å²) in [6, 6.07) is 14.4. The second kappa shape index (κ2) is 7.41. The standard InChI is InChI=1S/C22H21ClN2O3/c1-28-20-6-3-2-5-18(20)22(27)10-4-12-25(14-22)21(26)16-9-11-24-19-8-7-15(23)13-17(16)19/h2-3,5-9,11,13,27H,4,10,12,14H2,1H3/t22-/m1/s1. The molecule has 0 bridgehead atoms. The molecule has 5 nitrogen and oxygen atoms in total. The van der Waals surface area contributed by atoms with Gasteiger partial charge in [0.2, 0.25) is 0 Å². The van der Waals surface area contributed by atoms with E-state index in [0.29, 0.717) is 52.2 Å². The van der Waals surface area contributed by atoms with E-state index in [2.05, 4.69) is 4.98 Å². The van der Waals surface area contributed by atoms with Crippen LogP contribution in [-0.2, 0) is 5.60 Å². The quantitative estimate of drug-likeness (QED) is 0.726. The van der Waals surface area contributed by atoms with E-state index in [1.807, 2.05) is 24.3 Å². The SMILES string of the molecule is COc1ccccc1[C@@]1(O)CCCN(C(=O)c2ccnc3ccc(Cl)cc23)C1. The van der Waals surface area contributed by atoms with Gasteiger partial charge in [0.1, 0.15) is 11.4 Å². The summed E-state index contributed by atoms with van der Waals surface area (Å²) in [5.41, 5.74) is 0.808. The number of piperidine rings is 1. The number of aromatic nitrogens is 1. The van der Waals surface area contributed by atoms with Gasteiger partial charge in [-0.05, 0) is 43.2 Å². The molecule has 3 aromatic rings. The van der Waals surface area contributed by atoms with Gasteiger partial charge in [0.15, 0.2) is 0 Å². The maximum atomic E-state index is 13.3. The molecule has 1 aromatic heterocycles. The molecule has 28 heavy (non-hydrogen) atoms. The molecule has 2 aromatic carbocycles. The van der Waals surface area contributed by atoms with E-state index >= 15 is 0 Å². The summed E-state index contributed by atoms with van der Waals surface area (Å²) in [5, 5.41) is 12.6. The van der Waals surface area contributed by atoms with E-state index in [9.17, 15) is 9.90 Å². The highest BCUT2D eigenvalue weighted by atomic mass is 35.5. The van der Waals surface area contributed by atoms with Crippen molar-refractivity contribution in [1.29, 1.82) is 0 Å². The van der Waals surface area contributed by atoms with Crippen LogP contribution >= 0.6 is 11.6 Å². The Morgan fingerprint density at radius 2 is 2.07 bits per heavy atom. The number of para-hydroxylation sites is 1. The van der Waals surface area contributed by atoms with E-state index in [-0.39, 0.29) is 12.5 Å². The number of amides is 1. The highest BCUT2D eigenvalue weighted by Gasteiger charge is 2.39. The molecule has 2 heterocycles. The average Bonchev–Trinajstić information content (AvgIpc) is 2.72. The fraction of sp³-hybridized carbons (Fsp3) is 0.273.